The molecule has 2 nitrogen and oxygen atoms in total. The Hall–Kier alpha value is -0.640. The van der Waals surface area contributed by atoms with Gasteiger partial charge >= 0.3 is 0 Å². The number of halogens is 2. The van der Waals surface area contributed by atoms with E-state index < -0.39 is 5.82 Å². The molecule has 0 aliphatic heterocycles. The smallest absolute Gasteiger partial charge is 0.142 e. The van der Waals surface area contributed by atoms with Crippen molar-refractivity contribution in [3.8, 4) is 0 Å². The monoisotopic (exact) mass is 245 g/mol. The molecule has 0 saturated heterocycles. The summed E-state index contributed by atoms with van der Waals surface area (Å²) in [5.74, 6) is -0.396. The predicted molar refractivity (Wildman–Crippen MR) is 64.2 cm³/mol. The number of nitrogens with one attached hydrogen (secondary N) is 1. The highest BCUT2D eigenvalue weighted by Crippen LogP contribution is 2.15. The maximum Gasteiger partial charge on any atom is 0.142 e. The molecule has 1 N–H and O–H groups in total. The van der Waals surface area contributed by atoms with Gasteiger partial charge in [0.05, 0.1) is 18.2 Å². The van der Waals surface area contributed by atoms with Gasteiger partial charge in [0.2, 0.25) is 0 Å². The molecule has 1 aromatic carbocycles. The third kappa shape index (κ3) is 4.92. The highest BCUT2D eigenvalue weighted by Gasteiger charge is 2.00. The van der Waals surface area contributed by atoms with E-state index in [0.717, 1.165) is 25.1 Å². The summed E-state index contributed by atoms with van der Waals surface area (Å²) in [6, 6.07) is 4.72. The van der Waals surface area contributed by atoms with Crippen molar-refractivity contribution in [3.63, 3.8) is 0 Å². The number of hydrogen-bond acceptors (Lipinski definition) is 2. The van der Waals surface area contributed by atoms with E-state index in [9.17, 15) is 4.39 Å². The molecule has 1 aromatic rings. The quantitative estimate of drug-likeness (QED) is 0.746. The molecule has 0 spiro atoms. The Morgan fingerprint density at radius 3 is 2.88 bits per heavy atom. The maximum atomic E-state index is 13.1. The average Bonchev–Trinajstić information content (AvgIpc) is 2.28. The summed E-state index contributed by atoms with van der Waals surface area (Å²) in [7, 11) is 0. The van der Waals surface area contributed by atoms with E-state index >= 15 is 0 Å². The minimum atomic E-state index is -0.396. The van der Waals surface area contributed by atoms with E-state index in [1.54, 1.807) is 12.1 Å². The molecule has 0 aromatic heterocycles. The van der Waals surface area contributed by atoms with Gasteiger partial charge in [0.25, 0.3) is 0 Å². The summed E-state index contributed by atoms with van der Waals surface area (Å²) >= 11 is 5.57. The average molecular weight is 246 g/mol. The second-order valence-electron chi connectivity index (χ2n) is 3.55. The van der Waals surface area contributed by atoms with E-state index in [0.29, 0.717) is 13.2 Å². The normalized spacial score (nSPS) is 10.7. The van der Waals surface area contributed by atoms with Gasteiger partial charge in [-0.3, -0.25) is 0 Å². The van der Waals surface area contributed by atoms with E-state index in [1.807, 2.05) is 0 Å². The molecule has 0 bridgehead atoms. The van der Waals surface area contributed by atoms with Gasteiger partial charge in [-0.25, -0.2) is 4.39 Å². The number of ether oxygens (including phenoxy) is 1. The van der Waals surface area contributed by atoms with Crippen molar-refractivity contribution in [2.75, 3.05) is 19.7 Å². The molecule has 90 valence electrons. The van der Waals surface area contributed by atoms with Crippen LogP contribution in [-0.2, 0) is 11.3 Å². The molecule has 4 heteroatoms. The van der Waals surface area contributed by atoms with Crippen molar-refractivity contribution in [1.29, 1.82) is 0 Å². The topological polar surface area (TPSA) is 21.3 Å². The lowest BCUT2D eigenvalue weighted by molar-refractivity contribution is 0.122. The SMILES string of the molecule is CCCNCCOCc1ccc(Cl)c(F)c1. The molecule has 0 aliphatic carbocycles. The van der Waals surface area contributed by atoms with E-state index in [1.165, 1.54) is 6.07 Å². The fourth-order valence-electron chi connectivity index (χ4n) is 1.27. The molecule has 0 radical (unpaired) electrons. The standard InChI is InChI=1S/C12H17ClFNO/c1-2-5-15-6-7-16-9-10-3-4-11(13)12(14)8-10/h3-4,8,15H,2,5-7,9H2,1H3. The molecule has 0 amide bonds. The van der Waals surface area contributed by atoms with Crippen molar-refractivity contribution in [2.45, 2.75) is 20.0 Å². The Morgan fingerprint density at radius 1 is 1.38 bits per heavy atom. The first-order valence-electron chi connectivity index (χ1n) is 5.46. The Morgan fingerprint density at radius 2 is 2.19 bits per heavy atom. The predicted octanol–water partition coefficient (Wildman–Crippen LogP) is 3.00. The minimum Gasteiger partial charge on any atom is -0.375 e. The van der Waals surface area contributed by atoms with Gasteiger partial charge in [-0.05, 0) is 30.7 Å². The van der Waals surface area contributed by atoms with Crippen LogP contribution in [0.25, 0.3) is 0 Å². The largest absolute Gasteiger partial charge is 0.375 e. The Kier molecular flexibility index (Phi) is 6.38. The number of benzene rings is 1. The van der Waals surface area contributed by atoms with Crippen LogP contribution in [-0.4, -0.2) is 19.7 Å². The summed E-state index contributed by atoms with van der Waals surface area (Å²) in [6.07, 6.45) is 1.11. The van der Waals surface area contributed by atoms with Gasteiger partial charge in [-0.1, -0.05) is 24.6 Å². The zero-order chi connectivity index (χ0) is 11.8. The van der Waals surface area contributed by atoms with Crippen LogP contribution in [0, 0.1) is 5.82 Å². The second kappa shape index (κ2) is 7.60. The van der Waals surface area contributed by atoms with Crippen LogP contribution in [0.2, 0.25) is 5.02 Å². The Bertz CT molecular complexity index is 320. The highest BCUT2D eigenvalue weighted by atomic mass is 35.5. The highest BCUT2D eigenvalue weighted by molar-refractivity contribution is 6.30. The minimum absolute atomic E-state index is 0.147. The molecule has 0 fully saturated rings. The van der Waals surface area contributed by atoms with Gasteiger partial charge in [0.15, 0.2) is 0 Å². The fraction of sp³-hybridized carbons (Fsp3) is 0.500. The van der Waals surface area contributed by atoms with Crippen LogP contribution < -0.4 is 5.32 Å². The Labute approximate surface area is 101 Å². The second-order valence-corrected chi connectivity index (χ2v) is 3.96. The van der Waals surface area contributed by atoms with Gasteiger partial charge in [-0.2, -0.15) is 0 Å². The van der Waals surface area contributed by atoms with Gasteiger partial charge in [0, 0.05) is 6.54 Å². The third-order valence-electron chi connectivity index (χ3n) is 2.10. The molecule has 0 heterocycles. The lowest BCUT2D eigenvalue weighted by Crippen LogP contribution is -2.20. The third-order valence-corrected chi connectivity index (χ3v) is 2.41. The maximum absolute atomic E-state index is 13.1. The van der Waals surface area contributed by atoms with Crippen molar-refractivity contribution in [3.05, 3.63) is 34.6 Å². The van der Waals surface area contributed by atoms with Crippen molar-refractivity contribution < 1.29 is 9.13 Å². The van der Waals surface area contributed by atoms with Crippen LogP contribution in [0.4, 0.5) is 4.39 Å². The van der Waals surface area contributed by atoms with Crippen LogP contribution >= 0.6 is 11.6 Å². The van der Waals surface area contributed by atoms with Gasteiger partial charge in [-0.15, -0.1) is 0 Å². The van der Waals surface area contributed by atoms with E-state index in [2.05, 4.69) is 12.2 Å². The lowest BCUT2D eigenvalue weighted by atomic mass is 10.2. The van der Waals surface area contributed by atoms with Crippen LogP contribution in [0.3, 0.4) is 0 Å². The van der Waals surface area contributed by atoms with Gasteiger partial charge < -0.3 is 10.1 Å². The summed E-state index contributed by atoms with van der Waals surface area (Å²) in [6.45, 7) is 4.99. The zero-order valence-corrected chi connectivity index (χ0v) is 10.2. The molecule has 16 heavy (non-hydrogen) atoms. The van der Waals surface area contributed by atoms with Crippen molar-refractivity contribution in [1.82, 2.24) is 5.32 Å². The summed E-state index contributed by atoms with van der Waals surface area (Å²) in [5, 5.41) is 3.37. The number of hydrogen-bond donors (Lipinski definition) is 1. The molecule has 1 rings (SSSR count). The van der Waals surface area contributed by atoms with Crippen LogP contribution in [0.5, 0.6) is 0 Å². The van der Waals surface area contributed by atoms with E-state index in [4.69, 9.17) is 16.3 Å². The molecule has 0 atom stereocenters. The van der Waals surface area contributed by atoms with E-state index in [-0.39, 0.29) is 5.02 Å². The first-order chi connectivity index (χ1) is 7.74. The molecule has 0 unspecified atom stereocenters. The van der Waals surface area contributed by atoms with Crippen molar-refractivity contribution >= 4 is 11.6 Å². The van der Waals surface area contributed by atoms with Crippen LogP contribution in [0.15, 0.2) is 18.2 Å². The molecular weight excluding hydrogens is 229 g/mol. The van der Waals surface area contributed by atoms with Crippen LogP contribution in [0.1, 0.15) is 18.9 Å². The molecule has 0 saturated carbocycles. The molecule has 0 aliphatic rings. The Balaban J connectivity index is 2.19. The summed E-state index contributed by atoms with van der Waals surface area (Å²) < 4.78 is 18.4. The number of rotatable bonds is 7. The zero-order valence-electron chi connectivity index (χ0n) is 9.43. The first-order valence-corrected chi connectivity index (χ1v) is 5.84. The lowest BCUT2D eigenvalue weighted by Gasteiger charge is -2.06. The van der Waals surface area contributed by atoms with Crippen molar-refractivity contribution in [2.24, 2.45) is 0 Å². The van der Waals surface area contributed by atoms with Gasteiger partial charge in [0.1, 0.15) is 5.82 Å². The summed E-state index contributed by atoms with van der Waals surface area (Å²) in [4.78, 5) is 0. The molecular formula is C12H17ClFNO. The summed E-state index contributed by atoms with van der Waals surface area (Å²) in [5.41, 5.74) is 0.803. The fourth-order valence-corrected chi connectivity index (χ4v) is 1.38. The first kappa shape index (κ1) is 13.4.